The van der Waals surface area contributed by atoms with Crippen LogP contribution in [0.15, 0.2) is 0 Å². The van der Waals surface area contributed by atoms with E-state index in [4.69, 9.17) is 15.6 Å². The molecule has 0 bridgehead atoms. The molecule has 0 heterocycles. The van der Waals surface area contributed by atoms with Crippen molar-refractivity contribution in [2.24, 2.45) is 5.73 Å². The van der Waals surface area contributed by atoms with Gasteiger partial charge in [0.25, 0.3) is 0 Å². The maximum absolute atomic E-state index is 9.00. The van der Waals surface area contributed by atoms with Crippen molar-refractivity contribution in [1.29, 1.82) is 0 Å². The summed E-state index contributed by atoms with van der Waals surface area (Å²) in [6, 6.07) is 0. The van der Waals surface area contributed by atoms with Gasteiger partial charge < -0.3 is 15.6 Å². The maximum Gasteiger partial charge on any atom is 0.0608 e. The van der Waals surface area contributed by atoms with Gasteiger partial charge in [-0.3, -0.25) is 0 Å². The third-order valence-corrected chi connectivity index (χ3v) is 3.12. The van der Waals surface area contributed by atoms with Crippen molar-refractivity contribution < 1.29 is 9.84 Å². The molecule has 0 aromatic rings. The van der Waals surface area contributed by atoms with E-state index in [1.165, 1.54) is 25.7 Å². The van der Waals surface area contributed by atoms with Gasteiger partial charge in [0.05, 0.1) is 12.7 Å². The van der Waals surface area contributed by atoms with Gasteiger partial charge in [0.15, 0.2) is 0 Å². The number of hydrogen-bond donors (Lipinski definition) is 2. The predicted octanol–water partition coefficient (Wildman–Crippen LogP) is 2.85. The smallest absolute Gasteiger partial charge is 0.0608 e. The summed E-state index contributed by atoms with van der Waals surface area (Å²) < 4.78 is 5.72. The number of hydrogen-bond acceptors (Lipinski definition) is 3. The van der Waals surface area contributed by atoms with Crippen LogP contribution in [-0.4, -0.2) is 30.0 Å². The fourth-order valence-corrected chi connectivity index (χ4v) is 1.78. The molecule has 0 radical (unpaired) electrons. The normalized spacial score (nSPS) is 16.8. The highest BCUT2D eigenvalue weighted by molar-refractivity contribution is 4.76. The summed E-state index contributed by atoms with van der Waals surface area (Å²) in [4.78, 5) is 0. The number of ether oxygens (including phenoxy) is 1. The van der Waals surface area contributed by atoms with Gasteiger partial charge in [-0.15, -0.1) is 0 Å². The van der Waals surface area contributed by atoms with Crippen molar-refractivity contribution in [1.82, 2.24) is 0 Å². The van der Waals surface area contributed by atoms with Crippen LogP contribution >= 0.6 is 0 Å². The summed E-state index contributed by atoms with van der Waals surface area (Å²) in [5.74, 6) is 0. The molecule has 0 aromatic carbocycles. The van der Waals surface area contributed by atoms with Crippen LogP contribution < -0.4 is 5.73 Å². The van der Waals surface area contributed by atoms with Gasteiger partial charge in [0.1, 0.15) is 0 Å². The number of rotatable bonds is 11. The monoisotopic (exact) mass is 245 g/mol. The van der Waals surface area contributed by atoms with Crippen LogP contribution in [0.3, 0.4) is 0 Å². The van der Waals surface area contributed by atoms with E-state index < -0.39 is 5.54 Å². The molecule has 3 N–H and O–H groups in total. The van der Waals surface area contributed by atoms with Crippen LogP contribution in [0.2, 0.25) is 0 Å². The number of aliphatic hydroxyl groups is 1. The Balaban J connectivity index is 3.36. The molecule has 0 aliphatic heterocycles. The molecule has 0 aliphatic carbocycles. The van der Waals surface area contributed by atoms with Crippen molar-refractivity contribution in [2.45, 2.75) is 77.4 Å². The molecule has 3 nitrogen and oxygen atoms in total. The molecule has 104 valence electrons. The Morgan fingerprint density at radius 1 is 1.24 bits per heavy atom. The summed E-state index contributed by atoms with van der Waals surface area (Å²) in [5, 5.41) is 9.00. The molecule has 0 rings (SSSR count). The molecule has 0 spiro atoms. The number of nitrogens with two attached hydrogens (primary N) is 1. The molecule has 17 heavy (non-hydrogen) atoms. The van der Waals surface area contributed by atoms with E-state index in [2.05, 4.69) is 13.8 Å². The van der Waals surface area contributed by atoms with E-state index in [1.807, 2.05) is 6.92 Å². The van der Waals surface area contributed by atoms with Crippen molar-refractivity contribution in [2.75, 3.05) is 13.2 Å². The Bertz CT molecular complexity index is 172. The van der Waals surface area contributed by atoms with Gasteiger partial charge in [-0.25, -0.2) is 0 Å². The summed E-state index contributed by atoms with van der Waals surface area (Å²) in [5.41, 5.74) is 5.39. The van der Waals surface area contributed by atoms with E-state index in [-0.39, 0.29) is 6.61 Å². The quantitative estimate of drug-likeness (QED) is 0.550. The Morgan fingerprint density at radius 2 is 1.94 bits per heavy atom. The zero-order chi connectivity index (χ0) is 13.1. The lowest BCUT2D eigenvalue weighted by atomic mass is 9.99. The second-order valence-electron chi connectivity index (χ2n) is 5.45. The van der Waals surface area contributed by atoms with Gasteiger partial charge in [-0.05, 0) is 33.1 Å². The van der Waals surface area contributed by atoms with Crippen LogP contribution in [0.25, 0.3) is 0 Å². The number of aliphatic hydroxyl groups excluding tert-OH is 1. The molecule has 2 atom stereocenters. The average Bonchev–Trinajstić information content (AvgIpc) is 2.30. The SMILES string of the molecule is CCCCCCC(C)OCCCC(C)(N)CO. The highest BCUT2D eigenvalue weighted by Crippen LogP contribution is 2.11. The Morgan fingerprint density at radius 3 is 2.53 bits per heavy atom. The summed E-state index contributed by atoms with van der Waals surface area (Å²) in [6.45, 7) is 7.03. The van der Waals surface area contributed by atoms with Gasteiger partial charge in [-0.2, -0.15) is 0 Å². The maximum atomic E-state index is 9.00. The highest BCUT2D eigenvalue weighted by atomic mass is 16.5. The van der Waals surface area contributed by atoms with Crippen LogP contribution in [0.1, 0.15) is 65.7 Å². The van der Waals surface area contributed by atoms with Crippen molar-refractivity contribution >= 4 is 0 Å². The van der Waals surface area contributed by atoms with Gasteiger partial charge in [0, 0.05) is 12.1 Å². The minimum atomic E-state index is -0.451. The van der Waals surface area contributed by atoms with Crippen LogP contribution in [0, 0.1) is 0 Å². The lowest BCUT2D eigenvalue weighted by Gasteiger charge is -2.21. The fraction of sp³-hybridized carbons (Fsp3) is 1.00. The summed E-state index contributed by atoms with van der Waals surface area (Å²) in [7, 11) is 0. The Kier molecular flexibility index (Phi) is 9.79. The topological polar surface area (TPSA) is 55.5 Å². The first-order valence-corrected chi connectivity index (χ1v) is 7.03. The number of unbranched alkanes of at least 4 members (excludes halogenated alkanes) is 3. The summed E-state index contributed by atoms with van der Waals surface area (Å²) in [6.07, 6.45) is 8.43. The second-order valence-corrected chi connectivity index (χ2v) is 5.45. The summed E-state index contributed by atoms with van der Waals surface area (Å²) >= 11 is 0. The first-order valence-electron chi connectivity index (χ1n) is 7.03. The highest BCUT2D eigenvalue weighted by Gasteiger charge is 2.16. The third-order valence-electron chi connectivity index (χ3n) is 3.12. The van der Waals surface area contributed by atoms with E-state index in [0.717, 1.165) is 25.9 Å². The Hall–Kier alpha value is -0.120. The molecule has 0 amide bonds. The molecule has 3 heteroatoms. The largest absolute Gasteiger partial charge is 0.394 e. The Labute approximate surface area is 107 Å². The van der Waals surface area contributed by atoms with Crippen molar-refractivity contribution in [3.05, 3.63) is 0 Å². The fourth-order valence-electron chi connectivity index (χ4n) is 1.78. The van der Waals surface area contributed by atoms with Crippen LogP contribution in [-0.2, 0) is 4.74 Å². The average molecular weight is 245 g/mol. The lowest BCUT2D eigenvalue weighted by Crippen LogP contribution is -2.40. The molecular formula is C14H31NO2. The van der Waals surface area contributed by atoms with E-state index in [9.17, 15) is 0 Å². The molecular weight excluding hydrogens is 214 g/mol. The minimum Gasteiger partial charge on any atom is -0.394 e. The van der Waals surface area contributed by atoms with Crippen molar-refractivity contribution in [3.8, 4) is 0 Å². The molecule has 2 unspecified atom stereocenters. The first-order chi connectivity index (χ1) is 8.02. The van der Waals surface area contributed by atoms with E-state index in [1.54, 1.807) is 0 Å². The second kappa shape index (κ2) is 9.86. The molecule has 0 aromatic heterocycles. The van der Waals surface area contributed by atoms with Crippen LogP contribution in [0.5, 0.6) is 0 Å². The van der Waals surface area contributed by atoms with Gasteiger partial charge in [0.2, 0.25) is 0 Å². The van der Waals surface area contributed by atoms with Crippen molar-refractivity contribution in [3.63, 3.8) is 0 Å². The first kappa shape index (κ1) is 16.9. The zero-order valence-electron chi connectivity index (χ0n) is 11.9. The third kappa shape index (κ3) is 10.7. The molecule has 0 saturated heterocycles. The van der Waals surface area contributed by atoms with E-state index >= 15 is 0 Å². The predicted molar refractivity (Wildman–Crippen MR) is 73.1 cm³/mol. The van der Waals surface area contributed by atoms with Crippen LogP contribution in [0.4, 0.5) is 0 Å². The molecule has 0 fully saturated rings. The lowest BCUT2D eigenvalue weighted by molar-refractivity contribution is 0.0514. The van der Waals surface area contributed by atoms with Gasteiger partial charge in [-0.1, -0.05) is 32.6 Å². The standard InChI is InChI=1S/C14H31NO2/c1-4-5-6-7-9-13(2)17-11-8-10-14(3,15)12-16/h13,16H,4-12,15H2,1-3H3. The minimum absolute atomic E-state index is 0.0412. The molecule has 0 aliphatic rings. The molecule has 0 saturated carbocycles. The van der Waals surface area contributed by atoms with E-state index in [0.29, 0.717) is 6.10 Å². The zero-order valence-corrected chi connectivity index (χ0v) is 11.9. The van der Waals surface area contributed by atoms with Gasteiger partial charge >= 0.3 is 0 Å².